The van der Waals surface area contributed by atoms with Gasteiger partial charge in [-0.1, -0.05) is 30.3 Å². The first kappa shape index (κ1) is 22.4. The van der Waals surface area contributed by atoms with Crippen molar-refractivity contribution < 1.29 is 4.74 Å². The molecule has 1 aliphatic rings. The van der Waals surface area contributed by atoms with Crippen molar-refractivity contribution in [2.75, 3.05) is 6.61 Å². The van der Waals surface area contributed by atoms with Crippen molar-refractivity contribution in [1.29, 1.82) is 0 Å². The number of hydrogen-bond donors (Lipinski definition) is 1. The molecule has 176 valence electrons. The molecular weight excluding hydrogens is 428 g/mol. The summed E-state index contributed by atoms with van der Waals surface area (Å²) in [5.41, 5.74) is 5.08. The minimum absolute atomic E-state index is 0.0623. The summed E-state index contributed by atoms with van der Waals surface area (Å²) in [4.78, 5) is 18.3. The molecule has 4 aromatic rings. The van der Waals surface area contributed by atoms with Crippen LogP contribution in [0.15, 0.2) is 53.3 Å². The van der Waals surface area contributed by atoms with Crippen LogP contribution in [0.1, 0.15) is 40.9 Å². The standard InChI is InChI=1S/C26H30N6O2/c1-18-11-21-13-22(26(33)27-24(21)12-19(18)2)15-31(14-20-7-4-3-5-8-20)17-25-28-29-30-32(25)16-23-9-6-10-34-23/h3-5,7-8,11-13,23H,6,9-10,14-17H2,1-2H3,(H,27,33)/t23-/m0/s1. The molecule has 8 heteroatoms. The number of nitrogens with zero attached hydrogens (tertiary/aromatic N) is 5. The predicted octanol–water partition coefficient (Wildman–Crippen LogP) is 3.51. The van der Waals surface area contributed by atoms with Gasteiger partial charge in [-0.3, -0.25) is 9.69 Å². The van der Waals surface area contributed by atoms with E-state index in [1.165, 1.54) is 16.7 Å². The Morgan fingerprint density at radius 2 is 1.91 bits per heavy atom. The van der Waals surface area contributed by atoms with E-state index in [0.717, 1.165) is 41.7 Å². The third kappa shape index (κ3) is 5.08. The molecule has 5 rings (SSSR count). The van der Waals surface area contributed by atoms with Crippen LogP contribution in [0, 0.1) is 13.8 Å². The van der Waals surface area contributed by atoms with Crippen LogP contribution in [0.25, 0.3) is 10.9 Å². The Morgan fingerprint density at radius 1 is 1.09 bits per heavy atom. The topological polar surface area (TPSA) is 88.9 Å². The highest BCUT2D eigenvalue weighted by atomic mass is 16.5. The number of tetrazole rings is 1. The molecule has 0 spiro atoms. The number of pyridine rings is 1. The van der Waals surface area contributed by atoms with Crippen molar-refractivity contribution in [2.24, 2.45) is 0 Å². The number of ether oxygens (including phenoxy) is 1. The molecule has 0 amide bonds. The predicted molar refractivity (Wildman–Crippen MR) is 130 cm³/mol. The lowest BCUT2D eigenvalue weighted by molar-refractivity contribution is 0.0914. The smallest absolute Gasteiger partial charge is 0.252 e. The van der Waals surface area contributed by atoms with Gasteiger partial charge in [-0.25, -0.2) is 4.68 Å². The molecule has 8 nitrogen and oxygen atoms in total. The number of rotatable bonds is 8. The highest BCUT2D eigenvalue weighted by molar-refractivity contribution is 5.80. The molecule has 34 heavy (non-hydrogen) atoms. The molecule has 1 saturated heterocycles. The largest absolute Gasteiger partial charge is 0.376 e. The number of aromatic amines is 1. The monoisotopic (exact) mass is 458 g/mol. The average Bonchev–Trinajstić information content (AvgIpc) is 3.49. The van der Waals surface area contributed by atoms with Gasteiger partial charge in [0.05, 0.1) is 19.2 Å². The second kappa shape index (κ2) is 9.87. The summed E-state index contributed by atoms with van der Waals surface area (Å²) in [6.07, 6.45) is 2.25. The Labute approximate surface area is 198 Å². The Balaban J connectivity index is 1.43. The lowest BCUT2D eigenvalue weighted by Crippen LogP contribution is -2.29. The zero-order valence-corrected chi connectivity index (χ0v) is 19.7. The molecule has 1 fully saturated rings. The Kier molecular flexibility index (Phi) is 6.51. The van der Waals surface area contributed by atoms with Gasteiger partial charge in [0.15, 0.2) is 5.82 Å². The molecule has 0 saturated carbocycles. The summed E-state index contributed by atoms with van der Waals surface area (Å²) in [6.45, 7) is 7.29. The van der Waals surface area contributed by atoms with E-state index < -0.39 is 0 Å². The minimum atomic E-state index is -0.0623. The molecule has 0 unspecified atom stereocenters. The molecule has 0 aliphatic carbocycles. The lowest BCUT2D eigenvalue weighted by Gasteiger charge is -2.22. The SMILES string of the molecule is Cc1cc2cc(CN(Cc3ccccc3)Cc3nnnn3C[C@@H]3CCCO3)c(=O)[nH]c2cc1C. The fourth-order valence-electron chi connectivity index (χ4n) is 4.55. The van der Waals surface area contributed by atoms with Crippen LogP contribution in [0.5, 0.6) is 0 Å². The van der Waals surface area contributed by atoms with Gasteiger partial charge in [0.1, 0.15) is 0 Å². The van der Waals surface area contributed by atoms with E-state index in [1.807, 2.05) is 35.0 Å². The van der Waals surface area contributed by atoms with Crippen molar-refractivity contribution in [1.82, 2.24) is 30.1 Å². The normalized spacial score (nSPS) is 16.0. The highest BCUT2D eigenvalue weighted by Gasteiger charge is 2.21. The number of aryl methyl sites for hydroxylation is 2. The summed E-state index contributed by atoms with van der Waals surface area (Å²) in [5.74, 6) is 0.773. The summed E-state index contributed by atoms with van der Waals surface area (Å²) in [7, 11) is 0. The van der Waals surface area contributed by atoms with Crippen LogP contribution in [-0.4, -0.2) is 42.8 Å². The number of nitrogens with one attached hydrogen (secondary N) is 1. The van der Waals surface area contributed by atoms with Crippen molar-refractivity contribution in [3.8, 4) is 0 Å². The van der Waals surface area contributed by atoms with Crippen molar-refractivity contribution >= 4 is 10.9 Å². The number of fused-ring (bicyclic) bond motifs is 1. The Bertz CT molecular complexity index is 1320. The van der Waals surface area contributed by atoms with E-state index in [4.69, 9.17) is 4.74 Å². The number of hydrogen-bond acceptors (Lipinski definition) is 6. The number of aromatic nitrogens is 5. The first-order chi connectivity index (χ1) is 16.5. The molecule has 0 bridgehead atoms. The molecule has 1 N–H and O–H groups in total. The van der Waals surface area contributed by atoms with Gasteiger partial charge in [-0.05, 0) is 77.4 Å². The van der Waals surface area contributed by atoms with Crippen LogP contribution in [0.4, 0.5) is 0 Å². The third-order valence-corrected chi connectivity index (χ3v) is 6.55. The van der Waals surface area contributed by atoms with E-state index in [9.17, 15) is 4.79 Å². The second-order valence-electron chi connectivity index (χ2n) is 9.19. The molecular formula is C26H30N6O2. The van der Waals surface area contributed by atoms with Crippen LogP contribution >= 0.6 is 0 Å². The quantitative estimate of drug-likeness (QED) is 0.435. The first-order valence-electron chi connectivity index (χ1n) is 11.8. The maximum absolute atomic E-state index is 13.0. The van der Waals surface area contributed by atoms with Crippen molar-refractivity contribution in [2.45, 2.75) is 59.0 Å². The third-order valence-electron chi connectivity index (χ3n) is 6.55. The number of H-pyrrole nitrogens is 1. The molecule has 1 aliphatic heterocycles. The minimum Gasteiger partial charge on any atom is -0.376 e. The van der Waals surface area contributed by atoms with E-state index in [-0.39, 0.29) is 11.7 Å². The van der Waals surface area contributed by atoms with Crippen LogP contribution in [0.3, 0.4) is 0 Å². The zero-order valence-electron chi connectivity index (χ0n) is 19.7. The van der Waals surface area contributed by atoms with Crippen molar-refractivity contribution in [3.63, 3.8) is 0 Å². The molecule has 1 atom stereocenters. The zero-order chi connectivity index (χ0) is 23.5. The van der Waals surface area contributed by atoms with Crippen molar-refractivity contribution in [3.05, 3.63) is 87.0 Å². The van der Waals surface area contributed by atoms with Crippen LogP contribution in [-0.2, 0) is 30.9 Å². The van der Waals surface area contributed by atoms with E-state index >= 15 is 0 Å². The van der Waals surface area contributed by atoms with E-state index in [1.54, 1.807) is 0 Å². The van der Waals surface area contributed by atoms with Gasteiger partial charge in [-0.15, -0.1) is 5.10 Å². The molecule has 2 aromatic heterocycles. The first-order valence-corrected chi connectivity index (χ1v) is 11.8. The van der Waals surface area contributed by atoms with E-state index in [2.05, 4.69) is 57.5 Å². The fraction of sp³-hybridized carbons (Fsp3) is 0.385. The summed E-state index contributed by atoms with van der Waals surface area (Å²) in [5, 5.41) is 13.5. The van der Waals surface area contributed by atoms with Crippen LogP contribution in [0.2, 0.25) is 0 Å². The van der Waals surface area contributed by atoms with Crippen LogP contribution < -0.4 is 5.56 Å². The summed E-state index contributed by atoms with van der Waals surface area (Å²) >= 11 is 0. The Morgan fingerprint density at radius 3 is 2.71 bits per heavy atom. The fourth-order valence-corrected chi connectivity index (χ4v) is 4.55. The maximum Gasteiger partial charge on any atom is 0.252 e. The lowest BCUT2D eigenvalue weighted by atomic mass is 10.0. The van der Waals surface area contributed by atoms with Gasteiger partial charge in [0.25, 0.3) is 5.56 Å². The second-order valence-corrected chi connectivity index (χ2v) is 9.19. The van der Waals surface area contributed by atoms with Gasteiger partial charge < -0.3 is 9.72 Å². The van der Waals surface area contributed by atoms with Gasteiger partial charge in [0.2, 0.25) is 0 Å². The summed E-state index contributed by atoms with van der Waals surface area (Å²) < 4.78 is 7.61. The van der Waals surface area contributed by atoms with Gasteiger partial charge in [0, 0.05) is 30.8 Å². The highest BCUT2D eigenvalue weighted by Crippen LogP contribution is 2.19. The van der Waals surface area contributed by atoms with Gasteiger partial charge in [-0.2, -0.15) is 0 Å². The average molecular weight is 459 g/mol. The van der Waals surface area contributed by atoms with E-state index in [0.29, 0.717) is 26.2 Å². The molecule has 2 aromatic carbocycles. The number of benzene rings is 2. The Hall–Kier alpha value is -3.36. The molecule has 0 radical (unpaired) electrons. The maximum atomic E-state index is 13.0. The summed E-state index contributed by atoms with van der Waals surface area (Å²) in [6, 6.07) is 16.4. The van der Waals surface area contributed by atoms with Gasteiger partial charge >= 0.3 is 0 Å². The molecule has 3 heterocycles.